The molecule has 0 N–H and O–H groups in total. The summed E-state index contributed by atoms with van der Waals surface area (Å²) in [5.41, 5.74) is 9.42. The predicted octanol–water partition coefficient (Wildman–Crippen LogP) is 9.24. The third-order valence-electron chi connectivity index (χ3n) is 8.41. The molecule has 0 aliphatic heterocycles. The Morgan fingerprint density at radius 2 is 0.721 bits per heavy atom. The summed E-state index contributed by atoms with van der Waals surface area (Å²) < 4.78 is 0. The summed E-state index contributed by atoms with van der Waals surface area (Å²) in [6, 6.07) is 57.1. The van der Waals surface area contributed by atoms with Crippen LogP contribution in [-0.2, 0) is 5.41 Å². The number of rotatable bonds is 5. The van der Waals surface area contributed by atoms with Crippen molar-refractivity contribution in [2.24, 2.45) is 0 Å². The van der Waals surface area contributed by atoms with Crippen LogP contribution in [0.1, 0.15) is 22.5 Å². The Hall–Kier alpha value is -5.67. The summed E-state index contributed by atoms with van der Waals surface area (Å²) in [5, 5.41) is 0. The van der Waals surface area contributed by atoms with Gasteiger partial charge in [-0.15, -0.1) is 0 Å². The zero-order chi connectivity index (χ0) is 28.6. The third-order valence-corrected chi connectivity index (χ3v) is 8.41. The molecule has 1 aliphatic carbocycles. The third kappa shape index (κ3) is 4.09. The molecule has 0 radical (unpaired) electrons. The van der Waals surface area contributed by atoms with Gasteiger partial charge >= 0.3 is 0 Å². The van der Waals surface area contributed by atoms with Gasteiger partial charge in [0.15, 0.2) is 17.5 Å². The van der Waals surface area contributed by atoms with Gasteiger partial charge in [-0.05, 0) is 38.9 Å². The molecule has 6 aromatic carbocycles. The molecule has 0 fully saturated rings. The van der Waals surface area contributed by atoms with E-state index < -0.39 is 5.41 Å². The first kappa shape index (κ1) is 25.1. The Balaban J connectivity index is 1.41. The molecule has 202 valence electrons. The lowest BCUT2D eigenvalue weighted by Crippen LogP contribution is -2.31. The van der Waals surface area contributed by atoms with E-state index in [1.165, 1.54) is 27.8 Å². The van der Waals surface area contributed by atoms with E-state index in [1.54, 1.807) is 0 Å². The lowest BCUT2D eigenvalue weighted by atomic mass is 9.71. The summed E-state index contributed by atoms with van der Waals surface area (Å²) in [6.45, 7) is 0. The Morgan fingerprint density at radius 1 is 0.326 bits per heavy atom. The molecule has 3 nitrogen and oxygen atoms in total. The van der Waals surface area contributed by atoms with Crippen LogP contribution in [0.15, 0.2) is 164 Å². The maximum Gasteiger partial charge on any atom is 0.163 e. The van der Waals surface area contributed by atoms with Crippen molar-refractivity contribution in [3.63, 3.8) is 0 Å². The molecule has 1 aromatic heterocycles. The Bertz CT molecular complexity index is 2010. The molecule has 0 saturated carbocycles. The van der Waals surface area contributed by atoms with Gasteiger partial charge in [0.2, 0.25) is 0 Å². The summed E-state index contributed by atoms with van der Waals surface area (Å²) >= 11 is 0. The first-order chi connectivity index (χ1) is 21.3. The van der Waals surface area contributed by atoms with Gasteiger partial charge in [0.1, 0.15) is 5.41 Å². The fourth-order valence-electron chi connectivity index (χ4n) is 6.44. The molecule has 7 aromatic rings. The second-order valence-electron chi connectivity index (χ2n) is 10.8. The summed E-state index contributed by atoms with van der Waals surface area (Å²) in [5.74, 6) is 2.03. The fourth-order valence-corrected chi connectivity index (χ4v) is 6.44. The van der Waals surface area contributed by atoms with E-state index in [4.69, 9.17) is 15.0 Å². The van der Waals surface area contributed by atoms with Crippen LogP contribution >= 0.6 is 0 Å². The molecular weight excluding hydrogens is 522 g/mol. The van der Waals surface area contributed by atoms with Crippen molar-refractivity contribution in [3.05, 3.63) is 186 Å². The van der Waals surface area contributed by atoms with Crippen LogP contribution in [0.25, 0.3) is 45.0 Å². The molecule has 1 aliphatic rings. The van der Waals surface area contributed by atoms with Crippen molar-refractivity contribution >= 4 is 0 Å². The second kappa shape index (κ2) is 10.3. The molecule has 0 saturated heterocycles. The van der Waals surface area contributed by atoms with E-state index in [-0.39, 0.29) is 0 Å². The first-order valence-corrected chi connectivity index (χ1v) is 14.5. The minimum atomic E-state index is -0.709. The van der Waals surface area contributed by atoms with Crippen molar-refractivity contribution in [1.82, 2.24) is 15.0 Å². The largest absolute Gasteiger partial charge is 0.211 e. The summed E-state index contributed by atoms with van der Waals surface area (Å²) in [6.07, 6.45) is 0. The number of aromatic nitrogens is 3. The molecule has 43 heavy (non-hydrogen) atoms. The number of benzene rings is 6. The standard InChI is InChI=1S/C40H27N3/c1-4-14-28(15-5-1)29-24-26-31(27-25-29)38-41-37(30-16-6-2-7-17-30)42-39(43-38)40(32-18-8-3-9-19-32)35-22-12-10-20-33(35)34-21-11-13-23-36(34)40/h1-27H. The number of nitrogens with zero attached hydrogens (tertiary/aromatic N) is 3. The van der Waals surface area contributed by atoms with E-state index in [2.05, 4.69) is 140 Å². The van der Waals surface area contributed by atoms with Gasteiger partial charge < -0.3 is 0 Å². The topological polar surface area (TPSA) is 38.7 Å². The highest BCUT2D eigenvalue weighted by Gasteiger charge is 2.48. The highest BCUT2D eigenvalue weighted by atomic mass is 15.0. The van der Waals surface area contributed by atoms with E-state index in [0.29, 0.717) is 17.5 Å². The minimum absolute atomic E-state index is 0.653. The fraction of sp³-hybridized carbons (Fsp3) is 0.0250. The molecule has 0 bridgehead atoms. The molecule has 8 rings (SSSR count). The quantitative estimate of drug-likeness (QED) is 0.215. The van der Waals surface area contributed by atoms with Crippen LogP contribution in [0, 0.1) is 0 Å². The van der Waals surface area contributed by atoms with E-state index in [0.717, 1.165) is 22.3 Å². The normalized spacial score (nSPS) is 12.8. The Kier molecular flexibility index (Phi) is 6.01. The second-order valence-corrected chi connectivity index (χ2v) is 10.8. The zero-order valence-corrected chi connectivity index (χ0v) is 23.4. The van der Waals surface area contributed by atoms with Crippen molar-refractivity contribution in [1.29, 1.82) is 0 Å². The molecular formula is C40H27N3. The molecule has 3 heteroatoms. The van der Waals surface area contributed by atoms with Crippen molar-refractivity contribution in [2.75, 3.05) is 0 Å². The van der Waals surface area contributed by atoms with Gasteiger partial charge in [0.05, 0.1) is 0 Å². The zero-order valence-electron chi connectivity index (χ0n) is 23.4. The maximum atomic E-state index is 5.34. The highest BCUT2D eigenvalue weighted by molar-refractivity contribution is 5.85. The molecule has 0 unspecified atom stereocenters. The van der Waals surface area contributed by atoms with Gasteiger partial charge in [-0.1, -0.05) is 164 Å². The Labute approximate surface area is 251 Å². The van der Waals surface area contributed by atoms with Crippen LogP contribution < -0.4 is 0 Å². The SMILES string of the molecule is c1ccc(-c2ccc(-c3nc(-c4ccccc4)nc(C4(c5ccccc5)c5ccccc5-c5ccccc54)n3)cc2)cc1. The van der Waals surface area contributed by atoms with Crippen LogP contribution in [0.5, 0.6) is 0 Å². The monoisotopic (exact) mass is 549 g/mol. The van der Waals surface area contributed by atoms with Gasteiger partial charge in [0.25, 0.3) is 0 Å². The van der Waals surface area contributed by atoms with Gasteiger partial charge in [-0.2, -0.15) is 0 Å². The lowest BCUT2D eigenvalue weighted by molar-refractivity contribution is 0.692. The molecule has 0 amide bonds. The first-order valence-electron chi connectivity index (χ1n) is 14.5. The molecule has 0 spiro atoms. The van der Waals surface area contributed by atoms with Crippen LogP contribution in [0.3, 0.4) is 0 Å². The van der Waals surface area contributed by atoms with Gasteiger partial charge in [-0.3, -0.25) is 0 Å². The average Bonchev–Trinajstić information content (AvgIpc) is 3.40. The van der Waals surface area contributed by atoms with Crippen LogP contribution in [-0.4, -0.2) is 15.0 Å². The van der Waals surface area contributed by atoms with Gasteiger partial charge in [0, 0.05) is 11.1 Å². The molecule has 0 atom stereocenters. The van der Waals surface area contributed by atoms with Crippen molar-refractivity contribution in [2.45, 2.75) is 5.41 Å². The smallest absolute Gasteiger partial charge is 0.163 e. The van der Waals surface area contributed by atoms with E-state index >= 15 is 0 Å². The van der Waals surface area contributed by atoms with Gasteiger partial charge in [-0.25, -0.2) is 15.0 Å². The predicted molar refractivity (Wildman–Crippen MR) is 173 cm³/mol. The average molecular weight is 550 g/mol. The molecule has 1 heterocycles. The maximum absolute atomic E-state index is 5.34. The lowest BCUT2D eigenvalue weighted by Gasteiger charge is -2.31. The Morgan fingerprint density at radius 3 is 1.28 bits per heavy atom. The summed E-state index contributed by atoms with van der Waals surface area (Å²) in [4.78, 5) is 15.7. The van der Waals surface area contributed by atoms with Crippen molar-refractivity contribution < 1.29 is 0 Å². The number of fused-ring (bicyclic) bond motifs is 3. The van der Waals surface area contributed by atoms with E-state index in [1.807, 2.05) is 24.3 Å². The summed E-state index contributed by atoms with van der Waals surface area (Å²) in [7, 11) is 0. The highest BCUT2D eigenvalue weighted by Crippen LogP contribution is 2.55. The van der Waals surface area contributed by atoms with Crippen molar-refractivity contribution in [3.8, 4) is 45.0 Å². The van der Waals surface area contributed by atoms with Crippen LogP contribution in [0.2, 0.25) is 0 Å². The number of hydrogen-bond donors (Lipinski definition) is 0. The number of hydrogen-bond acceptors (Lipinski definition) is 3. The van der Waals surface area contributed by atoms with E-state index in [9.17, 15) is 0 Å². The minimum Gasteiger partial charge on any atom is -0.211 e. The van der Waals surface area contributed by atoms with Crippen LogP contribution in [0.4, 0.5) is 0 Å².